The lowest BCUT2D eigenvalue weighted by Crippen LogP contribution is -2.22. The van der Waals surface area contributed by atoms with Crippen LogP contribution in [0.25, 0.3) is 0 Å². The number of methoxy groups -OCH3 is 1. The fraction of sp³-hybridized carbons (Fsp3) is 0.600. The summed E-state index contributed by atoms with van der Waals surface area (Å²) in [5.74, 6) is 3.15. The van der Waals surface area contributed by atoms with E-state index in [1.807, 2.05) is 6.07 Å². The molecular weight excluding hydrogens is 290 g/mol. The number of nitrogens with one attached hydrogen (secondary N) is 1. The molecule has 18 heavy (non-hydrogen) atoms. The minimum atomic E-state index is 0.689. The van der Waals surface area contributed by atoms with E-state index in [-0.39, 0.29) is 0 Å². The Morgan fingerprint density at radius 1 is 1.44 bits per heavy atom. The van der Waals surface area contributed by atoms with Gasteiger partial charge in [0.25, 0.3) is 0 Å². The van der Waals surface area contributed by atoms with Crippen LogP contribution in [-0.2, 0) is 0 Å². The van der Waals surface area contributed by atoms with E-state index in [0.717, 1.165) is 30.7 Å². The second-order valence-corrected chi connectivity index (χ2v) is 6.40. The van der Waals surface area contributed by atoms with Crippen LogP contribution < -0.4 is 10.1 Å². The van der Waals surface area contributed by atoms with Gasteiger partial charge in [0, 0.05) is 4.47 Å². The largest absolute Gasteiger partial charge is 0.497 e. The lowest BCUT2D eigenvalue weighted by Gasteiger charge is -2.09. The van der Waals surface area contributed by atoms with Crippen LogP contribution >= 0.6 is 15.9 Å². The molecule has 1 aromatic rings. The summed E-state index contributed by atoms with van der Waals surface area (Å²) in [6.07, 6.45) is 1.29. The first-order valence-electron chi connectivity index (χ1n) is 6.66. The first kappa shape index (κ1) is 13.9. The molecule has 2 nitrogen and oxygen atoms in total. The first-order valence-corrected chi connectivity index (χ1v) is 7.45. The molecule has 1 N–H and O–H groups in total. The fourth-order valence-electron chi connectivity index (χ4n) is 2.34. The summed E-state index contributed by atoms with van der Waals surface area (Å²) in [7, 11) is 1.72. The number of hydrogen-bond donors (Lipinski definition) is 1. The van der Waals surface area contributed by atoms with E-state index in [2.05, 4.69) is 47.2 Å². The minimum Gasteiger partial charge on any atom is -0.497 e. The highest BCUT2D eigenvalue weighted by Crippen LogP contribution is 2.49. The Labute approximate surface area is 118 Å². The number of benzene rings is 1. The average Bonchev–Trinajstić information content (AvgIpc) is 3.09. The lowest BCUT2D eigenvalue weighted by molar-refractivity contribution is 0.414. The third-order valence-corrected chi connectivity index (χ3v) is 4.21. The molecule has 2 rings (SSSR count). The summed E-state index contributed by atoms with van der Waals surface area (Å²) >= 11 is 3.64. The van der Waals surface area contributed by atoms with Crippen LogP contribution in [0.5, 0.6) is 5.75 Å². The van der Waals surface area contributed by atoms with Crippen molar-refractivity contribution in [3.63, 3.8) is 0 Å². The number of hydrogen-bond acceptors (Lipinski definition) is 2. The van der Waals surface area contributed by atoms with Crippen molar-refractivity contribution in [1.82, 2.24) is 5.32 Å². The maximum atomic E-state index is 5.30. The second kappa shape index (κ2) is 6.07. The van der Waals surface area contributed by atoms with Crippen molar-refractivity contribution in [3.05, 3.63) is 28.2 Å². The summed E-state index contributed by atoms with van der Waals surface area (Å²) < 4.78 is 6.51. The predicted molar refractivity (Wildman–Crippen MR) is 79.2 cm³/mol. The lowest BCUT2D eigenvalue weighted by atomic mass is 10.1. The first-order chi connectivity index (χ1) is 8.61. The maximum Gasteiger partial charge on any atom is 0.119 e. The molecule has 100 valence electrons. The van der Waals surface area contributed by atoms with Crippen LogP contribution in [-0.4, -0.2) is 20.2 Å². The number of rotatable bonds is 6. The second-order valence-electron chi connectivity index (χ2n) is 5.54. The van der Waals surface area contributed by atoms with Crippen molar-refractivity contribution in [2.45, 2.75) is 26.2 Å². The van der Waals surface area contributed by atoms with Crippen molar-refractivity contribution in [1.29, 1.82) is 0 Å². The van der Waals surface area contributed by atoms with Gasteiger partial charge < -0.3 is 10.1 Å². The Bertz CT molecular complexity index is 405. The van der Waals surface area contributed by atoms with Crippen molar-refractivity contribution in [3.8, 4) is 5.75 Å². The Morgan fingerprint density at radius 3 is 2.89 bits per heavy atom. The topological polar surface area (TPSA) is 21.3 Å². The van der Waals surface area contributed by atoms with Gasteiger partial charge >= 0.3 is 0 Å². The normalized spacial score (nSPS) is 22.3. The molecule has 1 aliphatic rings. The highest BCUT2D eigenvalue weighted by Gasteiger charge is 2.38. The van der Waals surface area contributed by atoms with E-state index in [0.29, 0.717) is 5.92 Å². The molecule has 0 spiro atoms. The summed E-state index contributed by atoms with van der Waals surface area (Å²) in [5.41, 5.74) is 1.39. The molecule has 1 aliphatic carbocycles. The van der Waals surface area contributed by atoms with Gasteiger partial charge in [-0.1, -0.05) is 29.8 Å². The molecule has 1 aromatic carbocycles. The highest BCUT2D eigenvalue weighted by atomic mass is 79.9. The minimum absolute atomic E-state index is 0.689. The smallest absolute Gasteiger partial charge is 0.119 e. The molecule has 0 saturated heterocycles. The van der Waals surface area contributed by atoms with Crippen LogP contribution in [0, 0.1) is 11.8 Å². The fourth-order valence-corrected chi connectivity index (χ4v) is 2.89. The molecule has 1 saturated carbocycles. The zero-order valence-electron chi connectivity index (χ0n) is 11.4. The van der Waals surface area contributed by atoms with Gasteiger partial charge in [-0.05, 0) is 61.0 Å². The molecule has 0 aromatic heterocycles. The SMILES string of the molecule is COc1ccc(Br)c(C2CC2CNCC(C)C)c1. The molecule has 0 heterocycles. The summed E-state index contributed by atoms with van der Waals surface area (Å²) in [6.45, 7) is 6.74. The Kier molecular flexibility index (Phi) is 4.68. The maximum absolute atomic E-state index is 5.30. The van der Waals surface area contributed by atoms with Crippen molar-refractivity contribution < 1.29 is 4.74 Å². The third-order valence-electron chi connectivity index (χ3n) is 3.48. The van der Waals surface area contributed by atoms with E-state index < -0.39 is 0 Å². The van der Waals surface area contributed by atoms with Crippen LogP contribution in [0.2, 0.25) is 0 Å². The van der Waals surface area contributed by atoms with Gasteiger partial charge in [0.1, 0.15) is 5.75 Å². The standard InChI is InChI=1S/C15H22BrNO/c1-10(2)8-17-9-11-6-13(11)14-7-12(18-3)4-5-15(14)16/h4-5,7,10-11,13,17H,6,8-9H2,1-3H3. The Hall–Kier alpha value is -0.540. The molecule has 3 heteroatoms. The molecule has 0 bridgehead atoms. The van der Waals surface area contributed by atoms with Gasteiger partial charge in [-0.15, -0.1) is 0 Å². The monoisotopic (exact) mass is 311 g/mol. The average molecular weight is 312 g/mol. The number of ether oxygens (including phenoxy) is 1. The van der Waals surface area contributed by atoms with Crippen LogP contribution in [0.1, 0.15) is 31.7 Å². The Balaban J connectivity index is 1.90. The van der Waals surface area contributed by atoms with E-state index in [4.69, 9.17) is 4.74 Å². The van der Waals surface area contributed by atoms with Gasteiger partial charge in [-0.25, -0.2) is 0 Å². The van der Waals surface area contributed by atoms with E-state index in [1.54, 1.807) is 7.11 Å². The van der Waals surface area contributed by atoms with Gasteiger partial charge in [-0.2, -0.15) is 0 Å². The highest BCUT2D eigenvalue weighted by molar-refractivity contribution is 9.10. The summed E-state index contributed by atoms with van der Waals surface area (Å²) in [4.78, 5) is 0. The van der Waals surface area contributed by atoms with Gasteiger partial charge in [0.15, 0.2) is 0 Å². The molecule has 0 aliphatic heterocycles. The van der Waals surface area contributed by atoms with Crippen molar-refractivity contribution >= 4 is 15.9 Å². The molecule has 2 unspecified atom stereocenters. The van der Waals surface area contributed by atoms with E-state index in [9.17, 15) is 0 Å². The third kappa shape index (κ3) is 3.48. The van der Waals surface area contributed by atoms with Crippen LogP contribution in [0.4, 0.5) is 0 Å². The van der Waals surface area contributed by atoms with Gasteiger partial charge in [-0.3, -0.25) is 0 Å². The molecular formula is C15H22BrNO. The molecule has 2 atom stereocenters. The van der Waals surface area contributed by atoms with Gasteiger partial charge in [0.05, 0.1) is 7.11 Å². The predicted octanol–water partition coefficient (Wildman–Crippen LogP) is 3.81. The number of halogens is 1. The molecule has 1 fully saturated rings. The zero-order valence-corrected chi connectivity index (χ0v) is 13.0. The van der Waals surface area contributed by atoms with Crippen molar-refractivity contribution in [2.75, 3.05) is 20.2 Å². The van der Waals surface area contributed by atoms with E-state index >= 15 is 0 Å². The molecule has 0 radical (unpaired) electrons. The Morgan fingerprint density at radius 2 is 2.22 bits per heavy atom. The van der Waals surface area contributed by atoms with Crippen LogP contribution in [0.3, 0.4) is 0 Å². The van der Waals surface area contributed by atoms with Gasteiger partial charge in [0.2, 0.25) is 0 Å². The molecule has 0 amide bonds. The summed E-state index contributed by atoms with van der Waals surface area (Å²) in [6, 6.07) is 6.25. The van der Waals surface area contributed by atoms with Crippen molar-refractivity contribution in [2.24, 2.45) is 11.8 Å². The quantitative estimate of drug-likeness (QED) is 0.862. The zero-order chi connectivity index (χ0) is 13.1. The summed E-state index contributed by atoms with van der Waals surface area (Å²) in [5, 5.41) is 3.55. The van der Waals surface area contributed by atoms with Crippen LogP contribution in [0.15, 0.2) is 22.7 Å². The van der Waals surface area contributed by atoms with E-state index in [1.165, 1.54) is 16.5 Å².